The zero-order valence-corrected chi connectivity index (χ0v) is 13.4. The lowest BCUT2D eigenvalue weighted by Gasteiger charge is -2.13. The zero-order chi connectivity index (χ0) is 16.4. The predicted octanol–water partition coefficient (Wildman–Crippen LogP) is 1.22. The summed E-state index contributed by atoms with van der Waals surface area (Å²) in [6.45, 7) is 9.14. The van der Waals surface area contributed by atoms with Gasteiger partial charge in [-0.25, -0.2) is 9.59 Å². The minimum atomic E-state index is -0.735. The van der Waals surface area contributed by atoms with Gasteiger partial charge in [0.25, 0.3) is 5.91 Å². The fourth-order valence-electron chi connectivity index (χ4n) is 1.26. The number of hydrogen-bond donors (Lipinski definition) is 2. The molecular weight excluding hydrogens is 276 g/mol. The molecule has 0 fully saturated rings. The highest BCUT2D eigenvalue weighted by Gasteiger charge is 2.17. The third-order valence-corrected chi connectivity index (χ3v) is 2.41. The second-order valence-corrected chi connectivity index (χ2v) is 5.48. The lowest BCUT2D eigenvalue weighted by molar-refractivity contribution is -0.159. The van der Waals surface area contributed by atoms with E-state index in [2.05, 4.69) is 24.5 Å². The second-order valence-electron chi connectivity index (χ2n) is 5.48. The molecule has 0 saturated carbocycles. The first-order chi connectivity index (χ1) is 9.72. The fourth-order valence-corrected chi connectivity index (χ4v) is 1.26. The maximum absolute atomic E-state index is 11.6. The molecule has 1 unspecified atom stereocenters. The monoisotopic (exact) mass is 302 g/mol. The average Bonchev–Trinajstić information content (AvgIpc) is 2.34. The van der Waals surface area contributed by atoms with Gasteiger partial charge in [0, 0.05) is 12.6 Å². The van der Waals surface area contributed by atoms with Crippen LogP contribution in [0.2, 0.25) is 0 Å². The smallest absolute Gasteiger partial charge is 0.335 e. The van der Waals surface area contributed by atoms with Crippen LogP contribution in [0.1, 0.15) is 41.0 Å². The molecule has 3 amide bonds. The van der Waals surface area contributed by atoms with Crippen molar-refractivity contribution in [2.45, 2.75) is 53.2 Å². The van der Waals surface area contributed by atoms with Gasteiger partial charge in [-0.3, -0.25) is 10.1 Å². The number of carbonyl (C=O) groups is 3. The summed E-state index contributed by atoms with van der Waals surface area (Å²) in [5, 5.41) is 4.54. The number of esters is 1. The number of carbonyl (C=O) groups excluding carboxylic acids is 3. The van der Waals surface area contributed by atoms with Gasteiger partial charge in [0.1, 0.15) is 0 Å². The van der Waals surface area contributed by atoms with Crippen molar-refractivity contribution in [2.24, 2.45) is 5.92 Å². The molecular formula is C14H26N2O5. The van der Waals surface area contributed by atoms with Crippen molar-refractivity contribution >= 4 is 17.9 Å². The van der Waals surface area contributed by atoms with E-state index in [4.69, 9.17) is 9.47 Å². The Morgan fingerprint density at radius 1 is 1.05 bits per heavy atom. The topological polar surface area (TPSA) is 93.7 Å². The highest BCUT2D eigenvalue weighted by Crippen LogP contribution is 2.02. The van der Waals surface area contributed by atoms with E-state index in [1.54, 1.807) is 20.8 Å². The molecule has 0 aliphatic heterocycles. The molecule has 0 spiro atoms. The van der Waals surface area contributed by atoms with Crippen LogP contribution >= 0.6 is 0 Å². The summed E-state index contributed by atoms with van der Waals surface area (Å²) in [6.07, 6.45) is 0.106. The molecule has 2 N–H and O–H groups in total. The van der Waals surface area contributed by atoms with Crippen LogP contribution in [0.3, 0.4) is 0 Å². The van der Waals surface area contributed by atoms with Crippen LogP contribution in [-0.4, -0.2) is 43.3 Å². The molecule has 0 bridgehead atoms. The molecule has 1 atom stereocenters. The third-order valence-electron chi connectivity index (χ3n) is 2.41. The van der Waals surface area contributed by atoms with Gasteiger partial charge in [0.05, 0.1) is 0 Å². The Balaban J connectivity index is 3.90. The van der Waals surface area contributed by atoms with E-state index >= 15 is 0 Å². The summed E-state index contributed by atoms with van der Waals surface area (Å²) >= 11 is 0. The van der Waals surface area contributed by atoms with E-state index in [1.165, 1.54) is 0 Å². The van der Waals surface area contributed by atoms with Gasteiger partial charge in [0.15, 0.2) is 12.7 Å². The van der Waals surface area contributed by atoms with E-state index in [0.29, 0.717) is 12.5 Å². The minimum Gasteiger partial charge on any atom is -0.454 e. The van der Waals surface area contributed by atoms with Crippen LogP contribution < -0.4 is 10.6 Å². The molecule has 0 aliphatic carbocycles. The normalized spacial score (nSPS) is 12.1. The highest BCUT2D eigenvalue weighted by atomic mass is 16.6. The summed E-state index contributed by atoms with van der Waals surface area (Å²) in [5.41, 5.74) is 0. The number of hydrogen-bond acceptors (Lipinski definition) is 5. The molecule has 0 saturated heterocycles. The van der Waals surface area contributed by atoms with Crippen LogP contribution in [0.15, 0.2) is 0 Å². The van der Waals surface area contributed by atoms with Crippen molar-refractivity contribution in [3.05, 3.63) is 0 Å². The summed E-state index contributed by atoms with van der Waals surface area (Å²) < 4.78 is 10.1. The summed E-state index contributed by atoms with van der Waals surface area (Å²) in [6, 6.07) is -0.706. The highest BCUT2D eigenvalue weighted by molar-refractivity contribution is 5.95. The van der Waals surface area contributed by atoms with Crippen molar-refractivity contribution in [3.63, 3.8) is 0 Å². The Morgan fingerprint density at radius 2 is 1.67 bits per heavy atom. The summed E-state index contributed by atoms with van der Waals surface area (Å²) in [5.74, 6) is -0.826. The van der Waals surface area contributed by atoms with Crippen LogP contribution in [0.25, 0.3) is 0 Å². The quantitative estimate of drug-likeness (QED) is 0.657. The Labute approximate surface area is 125 Å². The predicted molar refractivity (Wildman–Crippen MR) is 77.6 cm³/mol. The van der Waals surface area contributed by atoms with Gasteiger partial charge in [-0.05, 0) is 33.1 Å². The number of nitrogens with one attached hydrogen (secondary N) is 2. The van der Waals surface area contributed by atoms with Crippen LogP contribution in [0.5, 0.6) is 0 Å². The first kappa shape index (κ1) is 19.4. The first-order valence-corrected chi connectivity index (χ1v) is 7.11. The molecule has 0 heterocycles. The molecule has 0 rings (SSSR count). The molecule has 7 heteroatoms. The molecule has 0 radical (unpaired) electrons. The zero-order valence-electron chi connectivity index (χ0n) is 13.4. The fraction of sp³-hybridized carbons (Fsp3) is 0.786. The molecule has 0 aromatic heterocycles. The van der Waals surface area contributed by atoms with Gasteiger partial charge < -0.3 is 14.8 Å². The van der Waals surface area contributed by atoms with E-state index in [1.807, 2.05) is 0 Å². The van der Waals surface area contributed by atoms with Gasteiger partial charge in [-0.2, -0.15) is 0 Å². The standard InChI is InChI=1S/C14H26N2O5/c1-9(2)6-7-20-11(5)13(18)21-8-12(17)16-14(19)15-10(3)4/h9-11H,6-8H2,1-5H3,(H2,15,16,17,19). The van der Waals surface area contributed by atoms with Gasteiger partial charge >= 0.3 is 12.0 Å². The Hall–Kier alpha value is -1.63. The number of imide groups is 1. The number of rotatable bonds is 8. The van der Waals surface area contributed by atoms with Crippen LogP contribution in [-0.2, 0) is 19.1 Å². The Kier molecular flexibility index (Phi) is 9.36. The maximum atomic E-state index is 11.6. The molecule has 21 heavy (non-hydrogen) atoms. The van der Waals surface area contributed by atoms with Crippen LogP contribution in [0, 0.1) is 5.92 Å². The number of urea groups is 1. The molecule has 7 nitrogen and oxygen atoms in total. The van der Waals surface area contributed by atoms with Gasteiger partial charge in [-0.15, -0.1) is 0 Å². The largest absolute Gasteiger partial charge is 0.454 e. The Bertz CT molecular complexity index is 355. The van der Waals surface area contributed by atoms with E-state index < -0.39 is 30.6 Å². The first-order valence-electron chi connectivity index (χ1n) is 7.11. The maximum Gasteiger partial charge on any atom is 0.335 e. The van der Waals surface area contributed by atoms with Crippen LogP contribution in [0.4, 0.5) is 4.79 Å². The molecule has 0 aliphatic rings. The number of amides is 3. The third kappa shape index (κ3) is 10.8. The van der Waals surface area contributed by atoms with Crippen molar-refractivity contribution in [1.29, 1.82) is 0 Å². The van der Waals surface area contributed by atoms with Gasteiger partial charge in [0.2, 0.25) is 0 Å². The second kappa shape index (κ2) is 10.1. The lowest BCUT2D eigenvalue weighted by atomic mass is 10.1. The summed E-state index contributed by atoms with van der Waals surface area (Å²) in [7, 11) is 0. The van der Waals surface area contributed by atoms with Gasteiger partial charge in [-0.1, -0.05) is 13.8 Å². The van der Waals surface area contributed by atoms with Crippen molar-refractivity contribution < 1.29 is 23.9 Å². The Morgan fingerprint density at radius 3 is 2.19 bits per heavy atom. The van der Waals surface area contributed by atoms with Crippen molar-refractivity contribution in [2.75, 3.05) is 13.2 Å². The van der Waals surface area contributed by atoms with Crippen molar-refractivity contribution in [1.82, 2.24) is 10.6 Å². The average molecular weight is 302 g/mol. The lowest BCUT2D eigenvalue weighted by Crippen LogP contribution is -2.44. The SMILES string of the molecule is CC(C)CCOC(C)C(=O)OCC(=O)NC(=O)NC(C)C. The van der Waals surface area contributed by atoms with Crippen molar-refractivity contribution in [3.8, 4) is 0 Å². The van der Waals surface area contributed by atoms with E-state index in [0.717, 1.165) is 6.42 Å². The molecule has 0 aromatic rings. The number of ether oxygens (including phenoxy) is 2. The molecule has 122 valence electrons. The van der Waals surface area contributed by atoms with E-state index in [9.17, 15) is 14.4 Å². The minimum absolute atomic E-state index is 0.0882. The molecule has 0 aromatic carbocycles. The summed E-state index contributed by atoms with van der Waals surface area (Å²) in [4.78, 5) is 34.2. The van der Waals surface area contributed by atoms with E-state index in [-0.39, 0.29) is 6.04 Å².